The summed E-state index contributed by atoms with van der Waals surface area (Å²) in [6.07, 6.45) is 0. The summed E-state index contributed by atoms with van der Waals surface area (Å²) in [4.78, 5) is 13.4. The Balaban J connectivity index is 2.44. The maximum absolute atomic E-state index is 13.7. The number of nitro groups is 1. The minimum absolute atomic E-state index is 0.0256. The number of hydrogen-bond acceptors (Lipinski definition) is 4. The lowest BCUT2D eigenvalue weighted by atomic mass is 10.2. The van der Waals surface area contributed by atoms with E-state index in [1.54, 1.807) is 17.4 Å². The number of nitrogens with zero attached hydrogens (tertiary/aromatic N) is 2. The second kappa shape index (κ2) is 6.00. The summed E-state index contributed by atoms with van der Waals surface area (Å²) in [7, 11) is 0. The number of para-hydroxylation sites is 1. The van der Waals surface area contributed by atoms with Gasteiger partial charge in [0.2, 0.25) is 5.82 Å². The van der Waals surface area contributed by atoms with Gasteiger partial charge in [-0.1, -0.05) is 12.1 Å². The van der Waals surface area contributed by atoms with E-state index in [1.807, 2.05) is 36.3 Å². The van der Waals surface area contributed by atoms with Crippen molar-refractivity contribution in [1.29, 1.82) is 0 Å². The van der Waals surface area contributed by atoms with Crippen molar-refractivity contribution in [2.24, 2.45) is 0 Å². The third kappa shape index (κ3) is 2.96. The van der Waals surface area contributed by atoms with Gasteiger partial charge in [0.1, 0.15) is 5.69 Å². The molecule has 20 heavy (non-hydrogen) atoms. The van der Waals surface area contributed by atoms with Crippen LogP contribution in [-0.4, -0.2) is 11.0 Å². The van der Waals surface area contributed by atoms with Crippen molar-refractivity contribution in [3.05, 3.63) is 56.5 Å². The van der Waals surface area contributed by atoms with Crippen molar-refractivity contribution in [2.45, 2.75) is 26.4 Å². The minimum Gasteiger partial charge on any atom is -0.358 e. The summed E-state index contributed by atoms with van der Waals surface area (Å²) in [5, 5.41) is 13.1. The summed E-state index contributed by atoms with van der Waals surface area (Å²) < 4.78 is 13.7. The van der Waals surface area contributed by atoms with Crippen molar-refractivity contribution in [1.82, 2.24) is 0 Å². The fraction of sp³-hybridized carbons (Fsp3) is 0.286. The van der Waals surface area contributed by atoms with Crippen LogP contribution in [0, 0.1) is 15.9 Å². The van der Waals surface area contributed by atoms with Gasteiger partial charge >= 0.3 is 5.69 Å². The van der Waals surface area contributed by atoms with Gasteiger partial charge in [-0.25, -0.2) is 0 Å². The van der Waals surface area contributed by atoms with E-state index in [4.69, 9.17) is 0 Å². The van der Waals surface area contributed by atoms with Crippen molar-refractivity contribution in [2.75, 3.05) is 4.90 Å². The molecule has 0 fully saturated rings. The van der Waals surface area contributed by atoms with E-state index in [9.17, 15) is 14.5 Å². The molecule has 1 aromatic carbocycles. The van der Waals surface area contributed by atoms with Crippen LogP contribution in [0.25, 0.3) is 0 Å². The second-order valence-electron chi connectivity index (χ2n) is 4.67. The highest BCUT2D eigenvalue weighted by molar-refractivity contribution is 7.09. The Morgan fingerprint density at radius 3 is 2.65 bits per heavy atom. The second-order valence-corrected chi connectivity index (χ2v) is 5.70. The van der Waals surface area contributed by atoms with Gasteiger partial charge in [-0.3, -0.25) is 10.1 Å². The molecular weight excluding hydrogens is 279 g/mol. The van der Waals surface area contributed by atoms with Gasteiger partial charge < -0.3 is 4.90 Å². The van der Waals surface area contributed by atoms with Gasteiger partial charge in [0, 0.05) is 10.9 Å². The van der Waals surface area contributed by atoms with Crippen molar-refractivity contribution in [3.63, 3.8) is 0 Å². The molecule has 0 spiro atoms. The van der Waals surface area contributed by atoms with Gasteiger partial charge in [0.25, 0.3) is 0 Å². The smallest absolute Gasteiger partial charge is 0.327 e. The molecule has 0 bridgehead atoms. The first-order valence-electron chi connectivity index (χ1n) is 6.22. The monoisotopic (exact) mass is 294 g/mol. The Kier molecular flexibility index (Phi) is 4.34. The lowest BCUT2D eigenvalue weighted by Crippen LogP contribution is -2.30. The predicted molar refractivity (Wildman–Crippen MR) is 78.7 cm³/mol. The molecule has 1 aromatic heterocycles. The van der Waals surface area contributed by atoms with E-state index >= 15 is 0 Å². The van der Waals surface area contributed by atoms with Gasteiger partial charge in [-0.05, 0) is 37.4 Å². The number of nitro benzene ring substituents is 1. The molecule has 0 unspecified atom stereocenters. The lowest BCUT2D eigenvalue weighted by molar-refractivity contribution is -0.386. The van der Waals surface area contributed by atoms with Crippen molar-refractivity contribution < 1.29 is 9.31 Å². The number of halogens is 1. The highest BCUT2D eigenvalue weighted by Crippen LogP contribution is 2.33. The Morgan fingerprint density at radius 2 is 2.10 bits per heavy atom. The van der Waals surface area contributed by atoms with E-state index < -0.39 is 16.4 Å². The molecular formula is C14H15FN2O2S. The highest BCUT2D eigenvalue weighted by atomic mass is 32.1. The number of benzene rings is 1. The number of thiophene rings is 1. The van der Waals surface area contributed by atoms with E-state index in [-0.39, 0.29) is 6.04 Å². The number of anilines is 1. The maximum atomic E-state index is 13.7. The summed E-state index contributed by atoms with van der Waals surface area (Å²) in [6, 6.07) is 8.13. The van der Waals surface area contributed by atoms with Crippen LogP contribution in [0.1, 0.15) is 18.7 Å². The molecule has 0 saturated heterocycles. The summed E-state index contributed by atoms with van der Waals surface area (Å²) >= 11 is 1.58. The molecule has 0 aliphatic heterocycles. The van der Waals surface area contributed by atoms with Crippen LogP contribution >= 0.6 is 11.3 Å². The topological polar surface area (TPSA) is 46.4 Å². The third-order valence-corrected chi connectivity index (χ3v) is 3.85. The largest absolute Gasteiger partial charge is 0.358 e. The molecule has 6 heteroatoms. The molecule has 2 rings (SSSR count). The van der Waals surface area contributed by atoms with Gasteiger partial charge in [0.05, 0.1) is 11.5 Å². The third-order valence-electron chi connectivity index (χ3n) is 2.99. The Morgan fingerprint density at radius 1 is 1.35 bits per heavy atom. The van der Waals surface area contributed by atoms with E-state index in [0.717, 1.165) is 10.9 Å². The quantitative estimate of drug-likeness (QED) is 0.613. The molecule has 0 aliphatic carbocycles. The summed E-state index contributed by atoms with van der Waals surface area (Å²) in [6.45, 7) is 4.39. The molecule has 2 aromatic rings. The average molecular weight is 294 g/mol. The zero-order chi connectivity index (χ0) is 14.7. The first-order chi connectivity index (χ1) is 9.50. The normalized spacial score (nSPS) is 10.8. The summed E-state index contributed by atoms with van der Waals surface area (Å²) in [5.74, 6) is -0.802. The minimum atomic E-state index is -0.802. The van der Waals surface area contributed by atoms with Crippen LogP contribution in [0.5, 0.6) is 0 Å². The number of hydrogen-bond donors (Lipinski definition) is 0. The Labute approximate surface area is 120 Å². The molecule has 0 amide bonds. The standard InChI is InChI=1S/C14H15FN2O2S/c1-10(2)16(9-11-5-4-8-20-11)13-7-3-6-12(15)14(13)17(18)19/h3-8,10H,9H2,1-2H3. The fourth-order valence-corrected chi connectivity index (χ4v) is 2.74. The van der Waals surface area contributed by atoms with E-state index in [1.165, 1.54) is 6.07 Å². The molecule has 0 N–H and O–H groups in total. The lowest BCUT2D eigenvalue weighted by Gasteiger charge is -2.28. The van der Waals surface area contributed by atoms with Gasteiger partial charge in [-0.15, -0.1) is 11.3 Å². The Hall–Kier alpha value is -1.95. The molecule has 0 radical (unpaired) electrons. The zero-order valence-electron chi connectivity index (χ0n) is 11.2. The van der Waals surface area contributed by atoms with E-state index in [2.05, 4.69) is 0 Å². The first-order valence-corrected chi connectivity index (χ1v) is 7.10. The van der Waals surface area contributed by atoms with Crippen LogP contribution in [-0.2, 0) is 6.54 Å². The number of rotatable bonds is 5. The first kappa shape index (κ1) is 14.5. The molecule has 106 valence electrons. The Bertz CT molecular complexity index is 599. The van der Waals surface area contributed by atoms with Crippen LogP contribution < -0.4 is 4.90 Å². The molecule has 0 aliphatic rings. The van der Waals surface area contributed by atoms with Crippen molar-refractivity contribution >= 4 is 22.7 Å². The molecule has 1 heterocycles. The molecule has 4 nitrogen and oxygen atoms in total. The maximum Gasteiger partial charge on any atom is 0.327 e. The van der Waals surface area contributed by atoms with Gasteiger partial charge in [0.15, 0.2) is 0 Å². The van der Waals surface area contributed by atoms with Crippen LogP contribution in [0.4, 0.5) is 15.8 Å². The molecule has 0 atom stereocenters. The summed E-state index contributed by atoms with van der Waals surface area (Å²) in [5.41, 5.74) is -0.142. The fourth-order valence-electron chi connectivity index (χ4n) is 2.03. The SMILES string of the molecule is CC(C)N(Cc1cccs1)c1cccc(F)c1[N+](=O)[O-]. The predicted octanol–water partition coefficient (Wildman–Crippen LogP) is 4.21. The van der Waals surface area contributed by atoms with Crippen LogP contribution in [0.15, 0.2) is 35.7 Å². The average Bonchev–Trinajstić information content (AvgIpc) is 2.87. The van der Waals surface area contributed by atoms with Crippen LogP contribution in [0.2, 0.25) is 0 Å². The zero-order valence-corrected chi connectivity index (χ0v) is 12.1. The van der Waals surface area contributed by atoms with Crippen LogP contribution in [0.3, 0.4) is 0 Å². The van der Waals surface area contributed by atoms with Gasteiger partial charge in [-0.2, -0.15) is 4.39 Å². The van der Waals surface area contributed by atoms with Crippen molar-refractivity contribution in [3.8, 4) is 0 Å². The molecule has 0 saturated carbocycles. The highest BCUT2D eigenvalue weighted by Gasteiger charge is 2.25. The van der Waals surface area contributed by atoms with E-state index in [0.29, 0.717) is 12.2 Å².